The van der Waals surface area contributed by atoms with Crippen molar-refractivity contribution in [1.29, 1.82) is 0 Å². The fourth-order valence-electron chi connectivity index (χ4n) is 4.10. The van der Waals surface area contributed by atoms with E-state index in [9.17, 15) is 4.79 Å². The van der Waals surface area contributed by atoms with Crippen molar-refractivity contribution in [3.05, 3.63) is 65.7 Å². The van der Waals surface area contributed by atoms with Crippen molar-refractivity contribution in [2.24, 2.45) is 0 Å². The molecule has 1 aliphatic heterocycles. The molecule has 0 radical (unpaired) electrons. The van der Waals surface area contributed by atoms with E-state index in [2.05, 4.69) is 22.8 Å². The quantitative estimate of drug-likeness (QED) is 0.456. The van der Waals surface area contributed by atoms with Crippen LogP contribution in [0.5, 0.6) is 0 Å². The molecule has 1 fully saturated rings. The first-order valence-corrected chi connectivity index (χ1v) is 11.5. The average Bonchev–Trinajstić information content (AvgIpc) is 3.51. The van der Waals surface area contributed by atoms with E-state index in [-0.39, 0.29) is 11.9 Å². The maximum Gasteiger partial charge on any atom is 0.257 e. The summed E-state index contributed by atoms with van der Waals surface area (Å²) in [6.07, 6.45) is 4.73. The highest BCUT2D eigenvalue weighted by Crippen LogP contribution is 2.37. The summed E-state index contributed by atoms with van der Waals surface area (Å²) in [6, 6.07) is 12.2. The van der Waals surface area contributed by atoms with E-state index in [0.717, 1.165) is 40.0 Å². The van der Waals surface area contributed by atoms with Crippen molar-refractivity contribution >= 4 is 33.3 Å². The number of anilines is 1. The number of thiophene rings is 1. The zero-order valence-electron chi connectivity index (χ0n) is 17.8. The van der Waals surface area contributed by atoms with Gasteiger partial charge in [-0.1, -0.05) is 30.3 Å². The lowest BCUT2D eigenvalue weighted by molar-refractivity contribution is 0.0717. The molecule has 1 aromatic carbocycles. The number of nitrogens with zero attached hydrogens (tertiary/aromatic N) is 3. The minimum absolute atomic E-state index is 0.0215. The van der Waals surface area contributed by atoms with Gasteiger partial charge in [0.2, 0.25) is 0 Å². The topological polar surface area (TPSA) is 80.5 Å². The number of carbonyl (C=O) groups excluding carboxylic acids is 1. The molecular weight excluding hydrogens is 424 g/mol. The molecule has 4 heterocycles. The van der Waals surface area contributed by atoms with Crippen LogP contribution in [0.1, 0.15) is 29.0 Å². The number of hydrogen-bond donors (Lipinski definition) is 1. The Kier molecular flexibility index (Phi) is 5.87. The van der Waals surface area contributed by atoms with Crippen molar-refractivity contribution in [3.8, 4) is 11.1 Å². The summed E-state index contributed by atoms with van der Waals surface area (Å²) < 4.78 is 10.3. The van der Waals surface area contributed by atoms with Gasteiger partial charge in [0.1, 0.15) is 23.5 Å². The van der Waals surface area contributed by atoms with E-state index in [4.69, 9.17) is 19.1 Å². The number of furan rings is 1. The van der Waals surface area contributed by atoms with Crippen molar-refractivity contribution in [1.82, 2.24) is 14.9 Å². The lowest BCUT2D eigenvalue weighted by atomic mass is 10.0. The molecule has 0 saturated carbocycles. The minimum atomic E-state index is 0.0215. The molecule has 1 N–H and O–H groups in total. The maximum atomic E-state index is 12.6. The Bertz CT molecular complexity index is 1200. The number of aromatic nitrogens is 2. The van der Waals surface area contributed by atoms with Crippen LogP contribution in [0.2, 0.25) is 0 Å². The van der Waals surface area contributed by atoms with E-state index in [1.807, 2.05) is 23.1 Å². The first kappa shape index (κ1) is 20.7. The molecule has 7 nitrogen and oxygen atoms in total. The van der Waals surface area contributed by atoms with Crippen LogP contribution in [-0.2, 0) is 11.3 Å². The second-order valence-electron chi connectivity index (χ2n) is 7.84. The number of carbonyl (C=O) groups is 1. The fourth-order valence-corrected chi connectivity index (χ4v) is 5.07. The van der Waals surface area contributed by atoms with E-state index < -0.39 is 0 Å². The van der Waals surface area contributed by atoms with Crippen LogP contribution >= 0.6 is 11.3 Å². The van der Waals surface area contributed by atoms with Gasteiger partial charge in [-0.25, -0.2) is 9.97 Å². The number of piperidine rings is 1. The van der Waals surface area contributed by atoms with Crippen LogP contribution in [0.4, 0.5) is 5.82 Å². The minimum Gasteiger partial charge on any atom is -0.472 e. The van der Waals surface area contributed by atoms with Gasteiger partial charge in [0.15, 0.2) is 5.82 Å². The molecule has 0 atom stereocenters. The number of hydrogen-bond acceptors (Lipinski definition) is 7. The van der Waals surface area contributed by atoms with Gasteiger partial charge in [-0.2, -0.15) is 0 Å². The fraction of sp³-hybridized carbons (Fsp3) is 0.292. The van der Waals surface area contributed by atoms with E-state index in [1.54, 1.807) is 24.5 Å². The van der Waals surface area contributed by atoms with Crippen molar-refractivity contribution < 1.29 is 13.9 Å². The maximum absolute atomic E-state index is 12.6. The van der Waals surface area contributed by atoms with Gasteiger partial charge in [0, 0.05) is 37.2 Å². The summed E-state index contributed by atoms with van der Waals surface area (Å²) in [5.41, 5.74) is 2.87. The molecule has 0 spiro atoms. The zero-order valence-corrected chi connectivity index (χ0v) is 18.6. The number of benzene rings is 1. The summed E-state index contributed by atoms with van der Waals surface area (Å²) >= 11 is 1.62. The van der Waals surface area contributed by atoms with Gasteiger partial charge in [0.05, 0.1) is 17.2 Å². The zero-order chi connectivity index (χ0) is 21.9. The van der Waals surface area contributed by atoms with Crippen molar-refractivity contribution in [3.63, 3.8) is 0 Å². The van der Waals surface area contributed by atoms with Gasteiger partial charge < -0.3 is 19.4 Å². The number of likely N-dealkylation sites (tertiary alicyclic amines) is 1. The summed E-state index contributed by atoms with van der Waals surface area (Å²) in [7, 11) is 1.65. The molecule has 5 rings (SSSR count). The SMILES string of the molecule is COCc1nc(NC2CCN(C(=O)c3ccoc3)CC2)c2c(-c3ccccc3)csc2n1. The third-order valence-corrected chi connectivity index (χ3v) is 6.60. The summed E-state index contributed by atoms with van der Waals surface area (Å²) in [4.78, 5) is 24.9. The van der Waals surface area contributed by atoms with Crippen LogP contribution in [0.15, 0.2) is 58.7 Å². The largest absolute Gasteiger partial charge is 0.472 e. The Morgan fingerprint density at radius 2 is 2.03 bits per heavy atom. The molecule has 1 saturated heterocycles. The Balaban J connectivity index is 1.39. The lowest BCUT2D eigenvalue weighted by Gasteiger charge is -2.32. The number of ether oxygens (including phenoxy) is 1. The predicted molar refractivity (Wildman–Crippen MR) is 125 cm³/mol. The first-order chi connectivity index (χ1) is 15.7. The Hall–Kier alpha value is -3.23. The highest BCUT2D eigenvalue weighted by molar-refractivity contribution is 7.17. The molecule has 0 aliphatic carbocycles. The highest BCUT2D eigenvalue weighted by atomic mass is 32.1. The molecular formula is C24H24N4O3S. The third kappa shape index (κ3) is 4.11. The molecule has 164 valence electrons. The molecule has 4 aromatic rings. The molecule has 8 heteroatoms. The predicted octanol–water partition coefficient (Wildman–Crippen LogP) is 4.81. The third-order valence-electron chi connectivity index (χ3n) is 5.73. The summed E-state index contributed by atoms with van der Waals surface area (Å²) in [5.74, 6) is 1.52. The molecule has 32 heavy (non-hydrogen) atoms. The molecule has 1 aliphatic rings. The monoisotopic (exact) mass is 448 g/mol. The van der Waals surface area contributed by atoms with Crippen molar-refractivity contribution in [2.75, 3.05) is 25.5 Å². The number of amides is 1. The van der Waals surface area contributed by atoms with Crippen LogP contribution in [0, 0.1) is 0 Å². The Labute approximate surface area is 190 Å². The van der Waals surface area contributed by atoms with Crippen LogP contribution < -0.4 is 5.32 Å². The Morgan fingerprint density at radius 1 is 1.22 bits per heavy atom. The number of methoxy groups -OCH3 is 1. The molecule has 0 bridgehead atoms. The van der Waals surface area contributed by atoms with Crippen LogP contribution in [0.25, 0.3) is 21.3 Å². The molecule has 1 amide bonds. The smallest absolute Gasteiger partial charge is 0.257 e. The van der Waals surface area contributed by atoms with E-state index in [1.165, 1.54) is 12.5 Å². The normalized spacial score (nSPS) is 14.7. The highest BCUT2D eigenvalue weighted by Gasteiger charge is 2.25. The average molecular weight is 449 g/mol. The summed E-state index contributed by atoms with van der Waals surface area (Å²) in [5, 5.41) is 6.84. The van der Waals surface area contributed by atoms with Gasteiger partial charge >= 0.3 is 0 Å². The van der Waals surface area contributed by atoms with E-state index >= 15 is 0 Å². The van der Waals surface area contributed by atoms with Gasteiger partial charge in [-0.15, -0.1) is 11.3 Å². The number of nitrogens with one attached hydrogen (secondary N) is 1. The van der Waals surface area contributed by atoms with Gasteiger partial charge in [-0.05, 0) is 24.5 Å². The second-order valence-corrected chi connectivity index (χ2v) is 8.70. The number of fused-ring (bicyclic) bond motifs is 1. The summed E-state index contributed by atoms with van der Waals surface area (Å²) in [6.45, 7) is 1.74. The number of rotatable bonds is 6. The first-order valence-electron chi connectivity index (χ1n) is 10.6. The second kappa shape index (κ2) is 9.10. The van der Waals surface area contributed by atoms with Crippen molar-refractivity contribution in [2.45, 2.75) is 25.5 Å². The standard InChI is InChI=1S/C24H24N4O3S/c1-30-14-20-26-22(21-19(15-32-23(21)27-20)16-5-3-2-4-6-16)25-18-7-10-28(11-8-18)24(29)17-9-12-31-13-17/h2-6,9,12-13,15,18H,7-8,10-11,14H2,1H3,(H,25,26,27). The van der Waals surface area contributed by atoms with E-state index in [0.29, 0.717) is 31.1 Å². The van der Waals surface area contributed by atoms with Gasteiger partial charge in [-0.3, -0.25) is 4.79 Å². The van der Waals surface area contributed by atoms with Crippen LogP contribution in [-0.4, -0.2) is 47.0 Å². The van der Waals surface area contributed by atoms with Crippen LogP contribution in [0.3, 0.4) is 0 Å². The lowest BCUT2D eigenvalue weighted by Crippen LogP contribution is -2.42. The Morgan fingerprint density at radius 3 is 2.75 bits per heavy atom. The molecule has 3 aromatic heterocycles. The van der Waals surface area contributed by atoms with Gasteiger partial charge in [0.25, 0.3) is 5.91 Å². The molecule has 0 unspecified atom stereocenters.